The molecule has 1 aromatic carbocycles. The van der Waals surface area contributed by atoms with Crippen LogP contribution in [0.1, 0.15) is 38.7 Å². The molecule has 0 aromatic heterocycles. The minimum Gasteiger partial charge on any atom is -0.355 e. The number of amides is 2. The second-order valence-electron chi connectivity index (χ2n) is 6.34. The van der Waals surface area contributed by atoms with E-state index in [9.17, 15) is 9.59 Å². The normalized spacial score (nSPS) is 15.6. The van der Waals surface area contributed by atoms with E-state index in [-0.39, 0.29) is 11.8 Å². The number of anilines is 1. The van der Waals surface area contributed by atoms with Gasteiger partial charge in [-0.15, -0.1) is 0 Å². The number of benzene rings is 1. The molecule has 0 unspecified atom stereocenters. The Hall–Kier alpha value is -1.84. The first-order valence-electron chi connectivity index (χ1n) is 7.60. The lowest BCUT2D eigenvalue weighted by Gasteiger charge is -2.16. The van der Waals surface area contributed by atoms with Crippen LogP contribution in [0.15, 0.2) is 24.3 Å². The van der Waals surface area contributed by atoms with E-state index in [0.717, 1.165) is 17.7 Å². The Kier molecular flexibility index (Phi) is 4.66. The van der Waals surface area contributed by atoms with E-state index in [1.165, 1.54) is 0 Å². The first kappa shape index (κ1) is 15.5. The van der Waals surface area contributed by atoms with Crippen LogP contribution in [0, 0.1) is 18.3 Å². The molecule has 0 radical (unpaired) electrons. The minimum atomic E-state index is -0.845. The van der Waals surface area contributed by atoms with Crippen molar-refractivity contribution in [1.82, 2.24) is 5.32 Å². The van der Waals surface area contributed by atoms with E-state index < -0.39 is 5.41 Å². The predicted octanol–water partition coefficient (Wildman–Crippen LogP) is 2.88. The highest BCUT2D eigenvalue weighted by atomic mass is 16.2. The van der Waals surface area contributed by atoms with Crippen molar-refractivity contribution in [1.29, 1.82) is 0 Å². The van der Waals surface area contributed by atoms with E-state index in [1.54, 1.807) is 0 Å². The molecular formula is C17H24N2O2. The van der Waals surface area contributed by atoms with Crippen LogP contribution in [0.4, 0.5) is 5.69 Å². The smallest absolute Gasteiger partial charge is 0.240 e. The van der Waals surface area contributed by atoms with Crippen molar-refractivity contribution in [2.75, 3.05) is 11.9 Å². The summed E-state index contributed by atoms with van der Waals surface area (Å²) >= 11 is 0. The zero-order chi connectivity index (χ0) is 15.5. The number of aryl methyl sites for hydroxylation is 1. The second kappa shape index (κ2) is 6.29. The number of hydrogen-bond acceptors (Lipinski definition) is 2. The fraction of sp³-hybridized carbons (Fsp3) is 0.529. The van der Waals surface area contributed by atoms with Gasteiger partial charge in [0.2, 0.25) is 11.8 Å². The highest BCUT2D eigenvalue weighted by Crippen LogP contribution is 2.46. The highest BCUT2D eigenvalue weighted by Gasteiger charge is 2.56. The first-order valence-corrected chi connectivity index (χ1v) is 7.60. The maximum atomic E-state index is 12.3. The van der Waals surface area contributed by atoms with E-state index in [2.05, 4.69) is 24.5 Å². The molecule has 1 saturated carbocycles. The SMILES string of the molecule is Cc1ccc(NC(=O)C2(C(=O)NCCC(C)C)CC2)cc1. The van der Waals surface area contributed by atoms with Crippen LogP contribution in [0.25, 0.3) is 0 Å². The lowest BCUT2D eigenvalue weighted by molar-refractivity contribution is -0.134. The summed E-state index contributed by atoms with van der Waals surface area (Å²) in [7, 11) is 0. The summed E-state index contributed by atoms with van der Waals surface area (Å²) in [6.07, 6.45) is 2.21. The molecular weight excluding hydrogens is 264 g/mol. The van der Waals surface area contributed by atoms with Crippen molar-refractivity contribution in [3.05, 3.63) is 29.8 Å². The molecule has 1 aliphatic carbocycles. The van der Waals surface area contributed by atoms with Crippen molar-refractivity contribution in [3.8, 4) is 0 Å². The molecule has 114 valence electrons. The van der Waals surface area contributed by atoms with Crippen molar-refractivity contribution in [2.45, 2.75) is 40.0 Å². The van der Waals surface area contributed by atoms with E-state index in [4.69, 9.17) is 0 Å². The van der Waals surface area contributed by atoms with Crippen molar-refractivity contribution in [2.24, 2.45) is 11.3 Å². The predicted molar refractivity (Wildman–Crippen MR) is 83.9 cm³/mol. The summed E-state index contributed by atoms with van der Waals surface area (Å²) in [6.45, 7) is 6.86. The van der Waals surface area contributed by atoms with Crippen LogP contribution in [0.3, 0.4) is 0 Å². The van der Waals surface area contributed by atoms with Gasteiger partial charge in [-0.1, -0.05) is 31.5 Å². The Bertz CT molecular complexity index is 516. The molecule has 2 rings (SSSR count). The van der Waals surface area contributed by atoms with E-state index >= 15 is 0 Å². The summed E-state index contributed by atoms with van der Waals surface area (Å²) in [5.41, 5.74) is 1.04. The third kappa shape index (κ3) is 3.84. The molecule has 2 N–H and O–H groups in total. The summed E-state index contributed by atoms with van der Waals surface area (Å²) in [6, 6.07) is 7.61. The van der Waals surface area contributed by atoms with E-state index in [1.807, 2.05) is 31.2 Å². The fourth-order valence-electron chi connectivity index (χ4n) is 2.21. The van der Waals surface area contributed by atoms with Crippen LogP contribution in [-0.4, -0.2) is 18.4 Å². The van der Waals surface area contributed by atoms with Crippen LogP contribution >= 0.6 is 0 Å². The van der Waals surface area contributed by atoms with Crippen molar-refractivity contribution < 1.29 is 9.59 Å². The van der Waals surface area contributed by atoms with Gasteiger partial charge in [-0.25, -0.2) is 0 Å². The molecule has 1 fully saturated rings. The van der Waals surface area contributed by atoms with Crippen LogP contribution in [-0.2, 0) is 9.59 Å². The Morgan fingerprint density at radius 3 is 2.29 bits per heavy atom. The maximum Gasteiger partial charge on any atom is 0.240 e. The number of carbonyl (C=O) groups excluding carboxylic acids is 2. The van der Waals surface area contributed by atoms with Gasteiger partial charge in [0, 0.05) is 12.2 Å². The minimum absolute atomic E-state index is 0.132. The summed E-state index contributed by atoms with van der Waals surface area (Å²) in [5, 5.41) is 5.75. The molecule has 0 atom stereocenters. The van der Waals surface area contributed by atoms with Crippen molar-refractivity contribution >= 4 is 17.5 Å². The molecule has 0 saturated heterocycles. The standard InChI is InChI=1S/C17H24N2O2/c1-12(2)8-11-18-15(20)17(9-10-17)16(21)19-14-6-4-13(3)5-7-14/h4-7,12H,8-11H2,1-3H3,(H,18,20)(H,19,21). The highest BCUT2D eigenvalue weighted by molar-refractivity contribution is 6.13. The second-order valence-corrected chi connectivity index (χ2v) is 6.34. The van der Waals surface area contributed by atoms with Gasteiger partial charge in [0.05, 0.1) is 0 Å². The molecule has 4 nitrogen and oxygen atoms in total. The largest absolute Gasteiger partial charge is 0.355 e. The third-order valence-corrected chi connectivity index (χ3v) is 3.94. The maximum absolute atomic E-state index is 12.3. The number of nitrogens with one attached hydrogen (secondary N) is 2. The number of rotatable bonds is 6. The fourth-order valence-corrected chi connectivity index (χ4v) is 2.21. The Morgan fingerprint density at radius 1 is 1.14 bits per heavy atom. The molecule has 1 aromatic rings. The monoisotopic (exact) mass is 288 g/mol. The number of hydrogen-bond donors (Lipinski definition) is 2. The molecule has 2 amide bonds. The lowest BCUT2D eigenvalue weighted by Crippen LogP contribution is -2.40. The molecule has 0 heterocycles. The van der Waals surface area contributed by atoms with Gasteiger partial charge in [0.1, 0.15) is 5.41 Å². The van der Waals surface area contributed by atoms with Gasteiger partial charge in [-0.05, 0) is 44.2 Å². The molecule has 0 aliphatic heterocycles. The van der Waals surface area contributed by atoms with Gasteiger partial charge >= 0.3 is 0 Å². The molecule has 0 bridgehead atoms. The van der Waals surface area contributed by atoms with Gasteiger partial charge in [-0.3, -0.25) is 9.59 Å². The van der Waals surface area contributed by atoms with Crippen LogP contribution < -0.4 is 10.6 Å². The van der Waals surface area contributed by atoms with Gasteiger partial charge in [0.25, 0.3) is 0 Å². The molecule has 1 aliphatic rings. The quantitative estimate of drug-likeness (QED) is 0.791. The van der Waals surface area contributed by atoms with Crippen LogP contribution in [0.5, 0.6) is 0 Å². The molecule has 4 heteroatoms. The zero-order valence-corrected chi connectivity index (χ0v) is 13.0. The van der Waals surface area contributed by atoms with Gasteiger partial charge < -0.3 is 10.6 Å². The summed E-state index contributed by atoms with van der Waals surface area (Å²) < 4.78 is 0. The Morgan fingerprint density at radius 2 is 1.76 bits per heavy atom. The van der Waals surface area contributed by atoms with E-state index in [0.29, 0.717) is 25.3 Å². The Balaban J connectivity index is 1.91. The lowest BCUT2D eigenvalue weighted by atomic mass is 10.0. The topological polar surface area (TPSA) is 58.2 Å². The number of carbonyl (C=O) groups is 2. The van der Waals surface area contributed by atoms with Crippen molar-refractivity contribution in [3.63, 3.8) is 0 Å². The van der Waals surface area contributed by atoms with Gasteiger partial charge in [0.15, 0.2) is 0 Å². The first-order chi connectivity index (χ1) is 9.94. The third-order valence-electron chi connectivity index (χ3n) is 3.94. The van der Waals surface area contributed by atoms with Crippen LogP contribution in [0.2, 0.25) is 0 Å². The summed E-state index contributed by atoms with van der Waals surface area (Å²) in [4.78, 5) is 24.6. The Labute approximate surface area is 126 Å². The average molecular weight is 288 g/mol. The molecule has 21 heavy (non-hydrogen) atoms. The summed E-state index contributed by atoms with van der Waals surface area (Å²) in [5.74, 6) is 0.225. The van der Waals surface area contributed by atoms with Gasteiger partial charge in [-0.2, -0.15) is 0 Å². The average Bonchev–Trinajstić information content (AvgIpc) is 3.22. The molecule has 0 spiro atoms. The zero-order valence-electron chi connectivity index (χ0n) is 13.0.